The molecule has 5 rings (SSSR count). The predicted octanol–water partition coefficient (Wildman–Crippen LogP) is 5.34. The predicted molar refractivity (Wildman–Crippen MR) is 128 cm³/mol. The van der Waals surface area contributed by atoms with Gasteiger partial charge in [0.05, 0.1) is 12.9 Å². The van der Waals surface area contributed by atoms with Crippen LogP contribution in [0.3, 0.4) is 0 Å². The molecule has 0 aliphatic rings. The molecule has 35 heavy (non-hydrogen) atoms. The number of halogens is 1. The zero-order chi connectivity index (χ0) is 24.0. The fourth-order valence-electron chi connectivity index (χ4n) is 3.35. The third kappa shape index (κ3) is 5.17. The summed E-state index contributed by atoms with van der Waals surface area (Å²) in [6, 6.07) is 23.3. The molecule has 0 amide bonds. The summed E-state index contributed by atoms with van der Waals surface area (Å²) >= 11 is 1.40. The average Bonchev–Trinajstić information content (AvgIpc) is 3.55. The van der Waals surface area contributed by atoms with Crippen molar-refractivity contribution in [2.45, 2.75) is 17.5 Å². The van der Waals surface area contributed by atoms with E-state index in [2.05, 4.69) is 20.3 Å². The molecule has 2 heterocycles. The first-order valence-corrected chi connectivity index (χ1v) is 11.7. The van der Waals surface area contributed by atoms with E-state index < -0.39 is 5.82 Å². The maximum absolute atomic E-state index is 14.0. The molecular weight excluding hydrogens is 469 g/mol. The first-order valence-electron chi connectivity index (χ1n) is 10.7. The summed E-state index contributed by atoms with van der Waals surface area (Å²) in [5, 5.41) is 13.3. The molecule has 0 aliphatic carbocycles. The molecule has 0 unspecified atom stereocenters. The lowest BCUT2D eigenvalue weighted by Gasteiger charge is -2.11. The number of thioether (sulfide) groups is 1. The number of hydrogen-bond donors (Lipinski definition) is 0. The first-order chi connectivity index (χ1) is 17.2. The van der Waals surface area contributed by atoms with E-state index in [-0.39, 0.29) is 12.4 Å². The van der Waals surface area contributed by atoms with Crippen LogP contribution in [0.2, 0.25) is 0 Å². The average molecular weight is 490 g/mol. The van der Waals surface area contributed by atoms with Gasteiger partial charge in [-0.2, -0.15) is 4.98 Å². The zero-order valence-electron chi connectivity index (χ0n) is 18.7. The van der Waals surface area contributed by atoms with Crippen molar-refractivity contribution in [3.05, 3.63) is 96.4 Å². The summed E-state index contributed by atoms with van der Waals surface area (Å²) in [5.41, 5.74) is 1.65. The molecule has 5 aromatic rings. The van der Waals surface area contributed by atoms with Gasteiger partial charge in [-0.3, -0.25) is 4.57 Å². The van der Waals surface area contributed by atoms with E-state index in [1.165, 1.54) is 17.8 Å². The summed E-state index contributed by atoms with van der Waals surface area (Å²) in [4.78, 5) is 4.49. The van der Waals surface area contributed by atoms with Crippen molar-refractivity contribution >= 4 is 11.8 Å². The molecule has 0 aliphatic heterocycles. The van der Waals surface area contributed by atoms with Crippen molar-refractivity contribution in [2.75, 3.05) is 7.11 Å². The minimum absolute atomic E-state index is 0.0456. The third-order valence-corrected chi connectivity index (χ3v) is 5.94. The third-order valence-electron chi connectivity index (χ3n) is 5.03. The number of nitrogens with zero attached hydrogens (tertiary/aromatic N) is 5. The Hall–Kier alpha value is -4.18. The van der Waals surface area contributed by atoms with Gasteiger partial charge < -0.3 is 14.0 Å². The Morgan fingerprint density at radius 2 is 1.80 bits per heavy atom. The van der Waals surface area contributed by atoms with Crippen LogP contribution in [0.4, 0.5) is 4.39 Å². The second kappa shape index (κ2) is 10.4. The molecule has 2 aromatic heterocycles. The molecular formula is C25H20FN5O3S. The molecule has 0 N–H and O–H groups in total. The topological polar surface area (TPSA) is 88.1 Å². The number of aromatic nitrogens is 5. The van der Waals surface area contributed by atoms with Crippen LogP contribution in [0.15, 0.2) is 88.5 Å². The molecule has 0 saturated carbocycles. The summed E-state index contributed by atoms with van der Waals surface area (Å²) in [6.07, 6.45) is 0. The van der Waals surface area contributed by atoms with Gasteiger partial charge in [-0.25, -0.2) is 4.39 Å². The van der Waals surface area contributed by atoms with Crippen LogP contribution in [-0.4, -0.2) is 32.0 Å². The van der Waals surface area contributed by atoms with E-state index in [1.807, 2.05) is 59.2 Å². The van der Waals surface area contributed by atoms with E-state index in [0.29, 0.717) is 34.2 Å². The smallest absolute Gasteiger partial charge is 0.237 e. The number of methoxy groups -OCH3 is 1. The van der Waals surface area contributed by atoms with E-state index in [9.17, 15) is 4.39 Å². The minimum Gasteiger partial charge on any atom is -0.497 e. The molecule has 0 bridgehead atoms. The molecule has 8 nitrogen and oxygen atoms in total. The number of rotatable bonds is 9. The van der Waals surface area contributed by atoms with Crippen molar-refractivity contribution in [3.8, 4) is 28.6 Å². The van der Waals surface area contributed by atoms with E-state index in [0.717, 1.165) is 11.3 Å². The fraction of sp³-hybridized carbons (Fsp3) is 0.120. The molecule has 0 radical (unpaired) electrons. The second-order valence-corrected chi connectivity index (χ2v) is 8.26. The van der Waals surface area contributed by atoms with Gasteiger partial charge in [0.2, 0.25) is 11.7 Å². The maximum Gasteiger partial charge on any atom is 0.237 e. The zero-order valence-corrected chi connectivity index (χ0v) is 19.5. The monoisotopic (exact) mass is 489 g/mol. The number of hydrogen-bond acceptors (Lipinski definition) is 8. The van der Waals surface area contributed by atoms with Crippen LogP contribution >= 0.6 is 11.8 Å². The molecule has 0 saturated heterocycles. The Balaban J connectivity index is 1.35. The van der Waals surface area contributed by atoms with Gasteiger partial charge in [0.25, 0.3) is 0 Å². The van der Waals surface area contributed by atoms with Crippen LogP contribution in [0, 0.1) is 5.82 Å². The molecule has 0 spiro atoms. The Morgan fingerprint density at radius 1 is 0.971 bits per heavy atom. The van der Waals surface area contributed by atoms with Gasteiger partial charge in [-0.05, 0) is 36.4 Å². The van der Waals surface area contributed by atoms with Gasteiger partial charge >= 0.3 is 0 Å². The van der Waals surface area contributed by atoms with Gasteiger partial charge in [0.15, 0.2) is 22.5 Å². The van der Waals surface area contributed by atoms with Crippen LogP contribution < -0.4 is 9.47 Å². The highest BCUT2D eigenvalue weighted by atomic mass is 32.2. The Morgan fingerprint density at radius 3 is 2.63 bits per heavy atom. The van der Waals surface area contributed by atoms with Crippen molar-refractivity contribution in [2.24, 2.45) is 0 Å². The fourth-order valence-corrected chi connectivity index (χ4v) is 4.16. The van der Waals surface area contributed by atoms with E-state index in [1.54, 1.807) is 25.3 Å². The SMILES string of the molecule is COc1cccc(-c2noc(CSc3nnc(COc4ccccc4F)n3-c3ccccc3)n2)c1. The molecule has 176 valence electrons. The van der Waals surface area contributed by atoms with Gasteiger partial charge in [0, 0.05) is 11.3 Å². The van der Waals surface area contributed by atoms with Gasteiger partial charge in [-0.15, -0.1) is 10.2 Å². The van der Waals surface area contributed by atoms with Crippen molar-refractivity contribution in [1.82, 2.24) is 24.9 Å². The van der Waals surface area contributed by atoms with Crippen LogP contribution in [0.5, 0.6) is 11.5 Å². The molecule has 10 heteroatoms. The largest absolute Gasteiger partial charge is 0.497 e. The number of benzene rings is 3. The first kappa shape index (κ1) is 22.6. The minimum atomic E-state index is -0.434. The normalized spacial score (nSPS) is 10.9. The Bertz CT molecular complexity index is 1420. The Kier molecular flexibility index (Phi) is 6.71. The maximum atomic E-state index is 14.0. The highest BCUT2D eigenvalue weighted by Crippen LogP contribution is 2.27. The number of para-hydroxylation sites is 2. The summed E-state index contributed by atoms with van der Waals surface area (Å²) in [7, 11) is 1.61. The summed E-state index contributed by atoms with van der Waals surface area (Å²) < 4.78 is 32.2. The highest BCUT2D eigenvalue weighted by Gasteiger charge is 2.18. The van der Waals surface area contributed by atoms with Crippen molar-refractivity contribution < 1.29 is 18.4 Å². The standard InChI is InChI=1S/C25H20FN5O3S/c1-32-19-11-7-8-17(14-19)24-27-23(34-30-24)16-35-25-29-28-22(31(25)18-9-3-2-4-10-18)15-33-21-13-6-5-12-20(21)26/h2-14H,15-16H2,1H3. The molecule has 3 aromatic carbocycles. The lowest BCUT2D eigenvalue weighted by atomic mass is 10.2. The van der Waals surface area contributed by atoms with Crippen molar-refractivity contribution in [1.29, 1.82) is 0 Å². The highest BCUT2D eigenvalue weighted by molar-refractivity contribution is 7.98. The quantitative estimate of drug-likeness (QED) is 0.257. The van der Waals surface area contributed by atoms with Crippen molar-refractivity contribution in [3.63, 3.8) is 0 Å². The van der Waals surface area contributed by atoms with Crippen LogP contribution in [0.25, 0.3) is 17.1 Å². The summed E-state index contributed by atoms with van der Waals surface area (Å²) in [5.74, 6) is 2.27. The van der Waals surface area contributed by atoms with Gasteiger partial charge in [-0.1, -0.05) is 59.4 Å². The Labute approximate surface area is 204 Å². The lowest BCUT2D eigenvalue weighted by Crippen LogP contribution is -2.07. The molecule has 0 fully saturated rings. The number of ether oxygens (including phenoxy) is 2. The van der Waals surface area contributed by atoms with Gasteiger partial charge in [0.1, 0.15) is 12.4 Å². The lowest BCUT2D eigenvalue weighted by molar-refractivity contribution is 0.278. The molecule has 0 atom stereocenters. The van der Waals surface area contributed by atoms with E-state index >= 15 is 0 Å². The second-order valence-electron chi connectivity index (χ2n) is 7.32. The van der Waals surface area contributed by atoms with Crippen LogP contribution in [-0.2, 0) is 12.4 Å². The summed E-state index contributed by atoms with van der Waals surface area (Å²) in [6.45, 7) is 0.0456. The van der Waals surface area contributed by atoms with E-state index in [4.69, 9.17) is 14.0 Å². The van der Waals surface area contributed by atoms with Crippen LogP contribution in [0.1, 0.15) is 11.7 Å².